The van der Waals surface area contributed by atoms with E-state index in [-0.39, 0.29) is 11.4 Å². The van der Waals surface area contributed by atoms with Crippen LogP contribution in [0.15, 0.2) is 0 Å². The molecular weight excluding hydrogens is 304 g/mol. The van der Waals surface area contributed by atoms with Gasteiger partial charge in [-0.05, 0) is 37.6 Å². The van der Waals surface area contributed by atoms with Gasteiger partial charge in [-0.25, -0.2) is 12.7 Å². The van der Waals surface area contributed by atoms with Crippen LogP contribution in [0.2, 0.25) is 0 Å². The van der Waals surface area contributed by atoms with E-state index in [4.69, 9.17) is 4.74 Å². The molecule has 3 atom stereocenters. The van der Waals surface area contributed by atoms with Crippen LogP contribution in [0, 0.1) is 11.3 Å². The van der Waals surface area contributed by atoms with Crippen molar-refractivity contribution in [1.82, 2.24) is 9.62 Å². The molecule has 3 rings (SSSR count). The minimum absolute atomic E-state index is 0.114. The van der Waals surface area contributed by atoms with Crippen molar-refractivity contribution in [2.45, 2.75) is 43.8 Å². The normalized spacial score (nSPS) is 36.8. The molecule has 2 saturated heterocycles. The molecule has 3 aliphatic rings. The number of esters is 1. The van der Waals surface area contributed by atoms with Crippen molar-refractivity contribution in [2.75, 3.05) is 33.3 Å². The van der Waals surface area contributed by atoms with Crippen molar-refractivity contribution in [3.63, 3.8) is 0 Å². The monoisotopic (exact) mass is 330 g/mol. The molecule has 6 nitrogen and oxygen atoms in total. The first kappa shape index (κ1) is 16.2. The number of hydrogen-bond donors (Lipinski definition) is 1. The van der Waals surface area contributed by atoms with Gasteiger partial charge in [-0.2, -0.15) is 0 Å². The molecule has 2 heterocycles. The minimum atomic E-state index is -3.42. The molecule has 1 N–H and O–H groups in total. The van der Waals surface area contributed by atoms with Gasteiger partial charge < -0.3 is 10.1 Å². The number of nitrogens with zero attached hydrogens (tertiary/aromatic N) is 1. The summed E-state index contributed by atoms with van der Waals surface area (Å²) in [6, 6.07) is 0. The number of rotatable bonds is 3. The highest BCUT2D eigenvalue weighted by Gasteiger charge is 2.49. The molecule has 0 radical (unpaired) electrons. The molecule has 0 amide bonds. The molecule has 0 aromatic carbocycles. The highest BCUT2D eigenvalue weighted by atomic mass is 32.2. The van der Waals surface area contributed by atoms with Crippen LogP contribution >= 0.6 is 0 Å². The number of carbonyl (C=O) groups excluding carboxylic acids is 1. The van der Waals surface area contributed by atoms with Crippen LogP contribution in [0.1, 0.15) is 38.5 Å². The molecule has 1 aliphatic carbocycles. The fraction of sp³-hybridized carbons (Fsp3) is 0.933. The molecule has 126 valence electrons. The van der Waals surface area contributed by atoms with Gasteiger partial charge in [0.05, 0.1) is 18.3 Å². The first-order chi connectivity index (χ1) is 10.5. The van der Waals surface area contributed by atoms with Crippen molar-refractivity contribution >= 4 is 16.0 Å². The SMILES string of the molecule is COC(=O)C1CCCCC1S(=O)(=O)N1CCC2(CCNC2)C1. The smallest absolute Gasteiger partial charge is 0.310 e. The maximum atomic E-state index is 13.1. The summed E-state index contributed by atoms with van der Waals surface area (Å²) >= 11 is 0. The van der Waals surface area contributed by atoms with E-state index in [1.807, 2.05) is 0 Å². The standard InChI is InChI=1S/C15H26N2O4S/c1-21-14(18)12-4-2-3-5-13(12)22(19,20)17-9-7-15(11-17)6-8-16-10-15/h12-13,16H,2-11H2,1H3. The van der Waals surface area contributed by atoms with E-state index in [0.717, 1.165) is 38.8 Å². The highest BCUT2D eigenvalue weighted by Crippen LogP contribution is 2.40. The molecule has 3 fully saturated rings. The molecular formula is C15H26N2O4S. The summed E-state index contributed by atoms with van der Waals surface area (Å²) in [5.41, 5.74) is 0.114. The third kappa shape index (κ3) is 2.78. The fourth-order valence-corrected chi connectivity index (χ4v) is 6.63. The Morgan fingerprint density at radius 3 is 2.73 bits per heavy atom. The van der Waals surface area contributed by atoms with Crippen LogP contribution in [-0.2, 0) is 19.6 Å². The maximum Gasteiger partial charge on any atom is 0.310 e. The van der Waals surface area contributed by atoms with Crippen molar-refractivity contribution < 1.29 is 17.9 Å². The quantitative estimate of drug-likeness (QED) is 0.772. The summed E-state index contributed by atoms with van der Waals surface area (Å²) in [6.45, 7) is 3.08. The number of methoxy groups -OCH3 is 1. The van der Waals surface area contributed by atoms with Gasteiger partial charge >= 0.3 is 5.97 Å². The second-order valence-corrected chi connectivity index (χ2v) is 9.16. The van der Waals surface area contributed by atoms with Crippen LogP contribution in [-0.4, -0.2) is 57.2 Å². The molecule has 7 heteroatoms. The lowest BCUT2D eigenvalue weighted by molar-refractivity contribution is -0.146. The lowest BCUT2D eigenvalue weighted by atomic mass is 9.87. The van der Waals surface area contributed by atoms with Crippen LogP contribution in [0.5, 0.6) is 0 Å². The van der Waals surface area contributed by atoms with Gasteiger partial charge in [-0.15, -0.1) is 0 Å². The Morgan fingerprint density at radius 2 is 2.05 bits per heavy atom. The van der Waals surface area contributed by atoms with E-state index in [2.05, 4.69) is 5.32 Å². The van der Waals surface area contributed by atoms with Crippen molar-refractivity contribution in [1.29, 1.82) is 0 Å². The zero-order valence-electron chi connectivity index (χ0n) is 13.2. The fourth-order valence-electron chi connectivity index (χ4n) is 4.32. The number of nitrogens with one attached hydrogen (secondary N) is 1. The minimum Gasteiger partial charge on any atom is -0.469 e. The topological polar surface area (TPSA) is 75.7 Å². The zero-order valence-corrected chi connectivity index (χ0v) is 14.0. The van der Waals surface area contributed by atoms with Crippen molar-refractivity contribution in [3.8, 4) is 0 Å². The van der Waals surface area contributed by atoms with E-state index in [9.17, 15) is 13.2 Å². The van der Waals surface area contributed by atoms with Gasteiger partial charge in [0.2, 0.25) is 10.0 Å². The number of ether oxygens (including phenoxy) is 1. The lowest BCUT2D eigenvalue weighted by Crippen LogP contribution is -2.46. The van der Waals surface area contributed by atoms with Gasteiger partial charge in [0, 0.05) is 19.6 Å². The van der Waals surface area contributed by atoms with E-state index < -0.39 is 21.2 Å². The number of sulfonamides is 1. The molecule has 22 heavy (non-hydrogen) atoms. The van der Waals surface area contributed by atoms with Crippen molar-refractivity contribution in [3.05, 3.63) is 0 Å². The second-order valence-electron chi connectivity index (χ2n) is 7.01. The largest absolute Gasteiger partial charge is 0.469 e. The molecule has 0 bridgehead atoms. The summed E-state index contributed by atoms with van der Waals surface area (Å²) in [5, 5.41) is 2.75. The summed E-state index contributed by atoms with van der Waals surface area (Å²) in [4.78, 5) is 12.0. The zero-order chi connectivity index (χ0) is 15.8. The summed E-state index contributed by atoms with van der Waals surface area (Å²) in [7, 11) is -2.08. The Morgan fingerprint density at radius 1 is 1.27 bits per heavy atom. The first-order valence-corrected chi connectivity index (χ1v) is 9.76. The van der Waals surface area contributed by atoms with Crippen LogP contribution in [0.25, 0.3) is 0 Å². The Hall–Kier alpha value is -0.660. The van der Waals surface area contributed by atoms with Crippen molar-refractivity contribution in [2.24, 2.45) is 11.3 Å². The Balaban J connectivity index is 1.78. The average Bonchev–Trinajstić information content (AvgIpc) is 3.17. The van der Waals surface area contributed by atoms with Gasteiger partial charge in [0.25, 0.3) is 0 Å². The van der Waals surface area contributed by atoms with E-state index in [1.54, 1.807) is 4.31 Å². The van der Waals surface area contributed by atoms with Gasteiger partial charge in [0.15, 0.2) is 0 Å². The molecule has 1 saturated carbocycles. The first-order valence-electron chi connectivity index (χ1n) is 8.26. The van der Waals surface area contributed by atoms with Gasteiger partial charge in [-0.1, -0.05) is 12.8 Å². The predicted molar refractivity (Wildman–Crippen MR) is 82.8 cm³/mol. The second kappa shape index (κ2) is 6.09. The summed E-state index contributed by atoms with van der Waals surface area (Å²) in [5.74, 6) is -0.869. The third-order valence-corrected chi connectivity index (χ3v) is 8.05. The Kier molecular flexibility index (Phi) is 4.49. The lowest BCUT2D eigenvalue weighted by Gasteiger charge is -2.33. The van der Waals surface area contributed by atoms with Gasteiger partial charge in [-0.3, -0.25) is 4.79 Å². The Labute approximate surface area is 132 Å². The Bertz CT molecular complexity index is 528. The number of carbonyl (C=O) groups is 1. The van der Waals surface area contributed by atoms with Crippen LogP contribution < -0.4 is 5.32 Å². The molecule has 3 unspecified atom stereocenters. The summed E-state index contributed by atoms with van der Waals surface area (Å²) in [6.07, 6.45) is 4.94. The van der Waals surface area contributed by atoms with E-state index in [1.165, 1.54) is 7.11 Å². The van der Waals surface area contributed by atoms with E-state index in [0.29, 0.717) is 25.9 Å². The molecule has 0 aromatic rings. The van der Waals surface area contributed by atoms with E-state index >= 15 is 0 Å². The van der Waals surface area contributed by atoms with Crippen LogP contribution in [0.4, 0.5) is 0 Å². The molecule has 1 spiro atoms. The highest BCUT2D eigenvalue weighted by molar-refractivity contribution is 7.89. The third-order valence-electron chi connectivity index (χ3n) is 5.68. The van der Waals surface area contributed by atoms with Crippen LogP contribution in [0.3, 0.4) is 0 Å². The average molecular weight is 330 g/mol. The van der Waals surface area contributed by atoms with Gasteiger partial charge in [0.1, 0.15) is 0 Å². The predicted octanol–water partition coefficient (Wildman–Crippen LogP) is 0.733. The molecule has 2 aliphatic heterocycles. The molecule has 0 aromatic heterocycles. The number of hydrogen-bond acceptors (Lipinski definition) is 5. The maximum absolute atomic E-state index is 13.1. The summed E-state index contributed by atoms with van der Waals surface area (Å²) < 4.78 is 32.6.